The molecule has 4 aromatic carbocycles. The molecule has 1 aliphatic rings. The van der Waals surface area contributed by atoms with Crippen molar-refractivity contribution in [2.45, 2.75) is 19.4 Å². The number of amides is 2. The molecule has 50 heavy (non-hydrogen) atoms. The Morgan fingerprint density at radius 3 is 2.30 bits per heavy atom. The van der Waals surface area contributed by atoms with Gasteiger partial charge in [0.05, 0.1) is 43.7 Å². The van der Waals surface area contributed by atoms with E-state index in [-0.39, 0.29) is 17.9 Å². The van der Waals surface area contributed by atoms with E-state index in [0.29, 0.717) is 34.2 Å². The summed E-state index contributed by atoms with van der Waals surface area (Å²) >= 11 is 0. The number of alkyl halides is 1. The minimum absolute atomic E-state index is 0.00403. The van der Waals surface area contributed by atoms with Crippen molar-refractivity contribution < 1.29 is 32.9 Å². The summed E-state index contributed by atoms with van der Waals surface area (Å²) in [5, 5.41) is 6.63. The van der Waals surface area contributed by atoms with Crippen LogP contribution in [0.15, 0.2) is 85.1 Å². The predicted octanol–water partition coefficient (Wildman–Crippen LogP) is 6.71. The maximum atomic E-state index is 13.6. The number of ether oxygens (including phenoxy) is 4. The van der Waals surface area contributed by atoms with Crippen molar-refractivity contribution in [3.63, 3.8) is 0 Å². The molecule has 10 nitrogen and oxygen atoms in total. The van der Waals surface area contributed by atoms with Crippen LogP contribution in [0.25, 0.3) is 10.9 Å². The number of hydrogen-bond donors (Lipinski definition) is 2. The number of fused-ring (bicyclic) bond motifs is 2. The fourth-order valence-electron chi connectivity index (χ4n) is 6.03. The lowest BCUT2D eigenvalue weighted by Gasteiger charge is -2.29. The van der Waals surface area contributed by atoms with E-state index in [0.717, 1.165) is 48.9 Å². The van der Waals surface area contributed by atoms with Crippen LogP contribution in [-0.4, -0.2) is 69.4 Å². The van der Waals surface area contributed by atoms with Gasteiger partial charge in [0.25, 0.3) is 11.8 Å². The van der Waals surface area contributed by atoms with E-state index in [4.69, 9.17) is 18.9 Å². The Kier molecular flexibility index (Phi) is 10.7. The quantitative estimate of drug-likeness (QED) is 0.142. The third-order valence-corrected chi connectivity index (χ3v) is 8.71. The Morgan fingerprint density at radius 2 is 1.54 bits per heavy atom. The van der Waals surface area contributed by atoms with Crippen LogP contribution < -0.4 is 29.6 Å². The van der Waals surface area contributed by atoms with E-state index in [9.17, 15) is 14.0 Å². The van der Waals surface area contributed by atoms with Gasteiger partial charge in [0.15, 0.2) is 23.0 Å². The first kappa shape index (κ1) is 34.2. The Labute approximate surface area is 290 Å². The lowest BCUT2D eigenvalue weighted by molar-refractivity contribution is 0.102. The molecule has 6 rings (SSSR count). The highest BCUT2D eigenvalue weighted by Crippen LogP contribution is 2.35. The molecule has 2 heterocycles. The van der Waals surface area contributed by atoms with Gasteiger partial charge >= 0.3 is 0 Å². The van der Waals surface area contributed by atoms with E-state index in [2.05, 4.69) is 20.5 Å². The highest BCUT2D eigenvalue weighted by atomic mass is 18.2. The van der Waals surface area contributed by atoms with Gasteiger partial charge in [0.2, 0.25) is 0 Å². The van der Waals surface area contributed by atoms with Crippen molar-refractivity contribution >= 4 is 34.1 Å². The standard InChI is InChI=1S/C39H39FN4O6/c1-47-34-20-29-24-44(16-13-26(29)19-37(34)50-17-14-40)15-12-25-8-10-30(11-9-25)42-39(46)31-21-35(48-2)36(49-3)22-33(31)43-38(45)28-18-27-6-4-5-7-32(27)41-23-28/h4-11,18-23H,12-17,24H2,1-3H3,(H,42,46)(H,43,45)/i40-1. The van der Waals surface area contributed by atoms with E-state index in [1.807, 2.05) is 60.7 Å². The summed E-state index contributed by atoms with van der Waals surface area (Å²) in [7, 11) is 4.56. The van der Waals surface area contributed by atoms with Gasteiger partial charge in [-0.3, -0.25) is 19.5 Å². The molecule has 0 radical (unpaired) electrons. The number of rotatable bonds is 13. The predicted molar refractivity (Wildman–Crippen MR) is 191 cm³/mol. The fraction of sp³-hybridized carbons (Fsp3) is 0.256. The van der Waals surface area contributed by atoms with Crippen molar-refractivity contribution in [1.82, 2.24) is 9.88 Å². The number of carbonyl (C=O) groups excluding carboxylic acids is 2. The number of pyridine rings is 1. The summed E-state index contributed by atoms with van der Waals surface area (Å²) in [6.07, 6.45) is 3.20. The molecular formula is C39H39FN4O6. The molecule has 258 valence electrons. The minimum Gasteiger partial charge on any atom is -0.493 e. The molecule has 5 aromatic rings. The van der Waals surface area contributed by atoms with Gasteiger partial charge in [-0.05, 0) is 72.0 Å². The van der Waals surface area contributed by atoms with Crippen molar-refractivity contribution in [2.75, 3.05) is 58.3 Å². The Balaban J connectivity index is 1.11. The third-order valence-electron chi connectivity index (χ3n) is 8.71. The monoisotopic (exact) mass is 677 g/mol. The van der Waals surface area contributed by atoms with E-state index < -0.39 is 18.5 Å². The number of anilines is 2. The van der Waals surface area contributed by atoms with Crippen LogP contribution in [-0.2, 0) is 19.4 Å². The summed E-state index contributed by atoms with van der Waals surface area (Å²) in [4.78, 5) is 33.7. The van der Waals surface area contributed by atoms with E-state index in [1.54, 1.807) is 25.3 Å². The van der Waals surface area contributed by atoms with Crippen LogP contribution >= 0.6 is 0 Å². The van der Waals surface area contributed by atoms with Crippen molar-refractivity contribution in [3.05, 3.63) is 113 Å². The number of para-hydroxylation sites is 1. The summed E-state index contributed by atoms with van der Waals surface area (Å²) in [5.41, 5.74) is 5.70. The van der Waals surface area contributed by atoms with Crippen molar-refractivity contribution in [3.8, 4) is 23.0 Å². The number of hydrogen-bond acceptors (Lipinski definition) is 8. The highest BCUT2D eigenvalue weighted by Gasteiger charge is 2.21. The highest BCUT2D eigenvalue weighted by molar-refractivity contribution is 6.13. The molecule has 0 atom stereocenters. The molecular weight excluding hydrogens is 638 g/mol. The van der Waals surface area contributed by atoms with E-state index >= 15 is 0 Å². The van der Waals surface area contributed by atoms with E-state index in [1.165, 1.54) is 31.5 Å². The molecule has 0 saturated carbocycles. The van der Waals surface area contributed by atoms with Gasteiger partial charge in [-0.1, -0.05) is 30.3 Å². The smallest absolute Gasteiger partial charge is 0.257 e. The summed E-state index contributed by atoms with van der Waals surface area (Å²) in [5.74, 6) is 1.06. The third kappa shape index (κ3) is 7.79. The lowest BCUT2D eigenvalue weighted by Crippen LogP contribution is -2.32. The van der Waals surface area contributed by atoms with Crippen LogP contribution in [0.3, 0.4) is 0 Å². The topological polar surface area (TPSA) is 111 Å². The average molecular weight is 678 g/mol. The number of nitrogens with zero attached hydrogens (tertiary/aromatic N) is 2. The SMILES string of the molecule is COc1cc(NC(=O)c2cnc3ccccc3c2)c(C(=O)Nc2ccc(CCN3CCc4cc(OCC[18F])c(OC)cc4C3)cc2)cc1OC. The number of nitrogens with one attached hydrogen (secondary N) is 2. The lowest BCUT2D eigenvalue weighted by atomic mass is 9.98. The van der Waals surface area contributed by atoms with Crippen molar-refractivity contribution in [2.24, 2.45) is 0 Å². The first-order valence-electron chi connectivity index (χ1n) is 16.3. The van der Waals surface area contributed by atoms with Crippen molar-refractivity contribution in [1.29, 1.82) is 0 Å². The van der Waals surface area contributed by atoms with Gasteiger partial charge in [-0.15, -0.1) is 0 Å². The second kappa shape index (κ2) is 15.7. The second-order valence-corrected chi connectivity index (χ2v) is 11.9. The fourth-order valence-corrected chi connectivity index (χ4v) is 6.03. The zero-order chi connectivity index (χ0) is 35.0. The van der Waals surface area contributed by atoms with Gasteiger partial charge in [0.1, 0.15) is 13.3 Å². The van der Waals surface area contributed by atoms with Gasteiger partial charge in [-0.2, -0.15) is 0 Å². The number of methoxy groups -OCH3 is 3. The zero-order valence-electron chi connectivity index (χ0n) is 28.3. The van der Waals surface area contributed by atoms with Crippen LogP contribution in [0.1, 0.15) is 37.4 Å². The molecule has 0 spiro atoms. The molecule has 0 aliphatic carbocycles. The summed E-state index contributed by atoms with van der Waals surface area (Å²) in [6.45, 7) is 1.99. The van der Waals surface area contributed by atoms with Gasteiger partial charge in [-0.25, -0.2) is 4.39 Å². The normalized spacial score (nSPS) is 12.6. The molecule has 1 aliphatic heterocycles. The number of benzene rings is 4. The molecule has 0 saturated heterocycles. The summed E-state index contributed by atoms with van der Waals surface area (Å²) < 4.78 is 34.6. The number of aromatic nitrogens is 1. The largest absolute Gasteiger partial charge is 0.493 e. The minimum atomic E-state index is -0.550. The number of halogens is 1. The first-order chi connectivity index (χ1) is 24.4. The maximum absolute atomic E-state index is 13.6. The molecule has 0 fully saturated rings. The first-order valence-corrected chi connectivity index (χ1v) is 16.3. The molecule has 11 heteroatoms. The van der Waals surface area contributed by atoms with Crippen LogP contribution in [0.4, 0.5) is 15.8 Å². The molecule has 0 bridgehead atoms. The Morgan fingerprint density at radius 1 is 0.820 bits per heavy atom. The Bertz CT molecular complexity index is 2000. The molecule has 1 aromatic heterocycles. The number of carbonyl (C=O) groups is 2. The van der Waals surface area contributed by atoms with Crippen LogP contribution in [0.5, 0.6) is 23.0 Å². The van der Waals surface area contributed by atoms with Gasteiger partial charge in [0, 0.05) is 43.0 Å². The van der Waals surface area contributed by atoms with Crippen LogP contribution in [0, 0.1) is 0 Å². The van der Waals surface area contributed by atoms with Crippen LogP contribution in [0.2, 0.25) is 0 Å². The zero-order valence-corrected chi connectivity index (χ0v) is 28.3. The second-order valence-electron chi connectivity index (χ2n) is 11.9. The molecule has 2 N–H and O–H groups in total. The molecule has 0 unspecified atom stereocenters. The molecule has 2 amide bonds. The van der Waals surface area contributed by atoms with Gasteiger partial charge < -0.3 is 29.6 Å². The maximum Gasteiger partial charge on any atom is 0.257 e. The summed E-state index contributed by atoms with van der Waals surface area (Å²) in [6, 6.07) is 24.1. The average Bonchev–Trinajstić information content (AvgIpc) is 3.15. The Hall–Kier alpha value is -5.68.